The van der Waals surface area contributed by atoms with Gasteiger partial charge in [-0.25, -0.2) is 4.79 Å². The average Bonchev–Trinajstić information content (AvgIpc) is 2.73. The Morgan fingerprint density at radius 3 is 2.82 bits per heavy atom. The van der Waals surface area contributed by atoms with Gasteiger partial charge in [-0.05, 0) is 34.0 Å². The second-order valence-electron chi connectivity index (χ2n) is 4.56. The van der Waals surface area contributed by atoms with Gasteiger partial charge in [0, 0.05) is 19.1 Å². The zero-order valence-electron chi connectivity index (χ0n) is 11.1. The minimum atomic E-state index is -0.278. The van der Waals surface area contributed by atoms with E-state index in [-0.39, 0.29) is 12.6 Å². The Labute approximate surface area is 104 Å². The highest BCUT2D eigenvalue weighted by molar-refractivity contribution is 5.70. The van der Waals surface area contributed by atoms with E-state index in [2.05, 4.69) is 23.9 Å². The molecule has 100 valence electrons. The number of likely N-dealkylation sites (N-methyl/N-ethyl adjacent to an activating group) is 1. The molecule has 0 spiro atoms. The summed E-state index contributed by atoms with van der Waals surface area (Å²) in [6.45, 7) is 5.98. The lowest BCUT2D eigenvalue weighted by atomic mass is 10.2. The zero-order valence-corrected chi connectivity index (χ0v) is 11.1. The van der Waals surface area contributed by atoms with Crippen molar-refractivity contribution in [1.82, 2.24) is 9.80 Å². The molecule has 0 aromatic heterocycles. The minimum Gasteiger partial charge on any atom is -0.464 e. The van der Waals surface area contributed by atoms with E-state index in [9.17, 15) is 4.79 Å². The van der Waals surface area contributed by atoms with E-state index >= 15 is 0 Å². The van der Waals surface area contributed by atoms with E-state index in [1.807, 2.05) is 0 Å². The lowest BCUT2D eigenvalue weighted by molar-refractivity contribution is -0.148. The summed E-state index contributed by atoms with van der Waals surface area (Å²) in [6.07, 6.45) is 1.21. The molecule has 1 aliphatic heterocycles. The van der Waals surface area contributed by atoms with Crippen molar-refractivity contribution in [3.05, 3.63) is 0 Å². The fraction of sp³-hybridized carbons (Fsp3) is 0.917. The van der Waals surface area contributed by atoms with Crippen molar-refractivity contribution < 1.29 is 14.3 Å². The zero-order chi connectivity index (χ0) is 12.7. The number of carbonyl (C=O) groups excluding carboxylic acids is 1. The molecule has 0 aromatic carbocycles. The normalized spacial score (nSPS) is 21.1. The topological polar surface area (TPSA) is 42.0 Å². The van der Waals surface area contributed by atoms with Gasteiger partial charge in [-0.2, -0.15) is 0 Å². The molecule has 1 fully saturated rings. The molecule has 1 aliphatic rings. The Kier molecular flexibility index (Phi) is 6.47. The van der Waals surface area contributed by atoms with Crippen molar-refractivity contribution in [3.63, 3.8) is 0 Å². The molecular weight excluding hydrogens is 220 g/mol. The molecule has 0 aliphatic carbocycles. The number of ether oxygens (including phenoxy) is 2. The average molecular weight is 244 g/mol. The lowest BCUT2D eigenvalue weighted by Crippen LogP contribution is -2.33. The minimum absolute atomic E-state index is 0.0682. The molecule has 0 N–H and O–H groups in total. The Morgan fingerprint density at radius 1 is 1.47 bits per heavy atom. The largest absolute Gasteiger partial charge is 0.464 e. The summed E-state index contributed by atoms with van der Waals surface area (Å²) in [5.74, 6) is -0.278. The first-order valence-corrected chi connectivity index (χ1v) is 6.25. The van der Waals surface area contributed by atoms with Crippen LogP contribution in [0.1, 0.15) is 13.3 Å². The van der Waals surface area contributed by atoms with Crippen molar-refractivity contribution in [2.45, 2.75) is 19.4 Å². The van der Waals surface area contributed by atoms with Gasteiger partial charge in [0.1, 0.15) is 6.61 Å². The molecule has 1 atom stereocenters. The monoisotopic (exact) mass is 244 g/mol. The molecule has 0 amide bonds. The van der Waals surface area contributed by atoms with Crippen LogP contribution < -0.4 is 0 Å². The van der Waals surface area contributed by atoms with Crippen molar-refractivity contribution in [2.75, 3.05) is 53.6 Å². The van der Waals surface area contributed by atoms with E-state index in [1.54, 1.807) is 6.92 Å². The molecule has 1 rings (SSSR count). The van der Waals surface area contributed by atoms with Crippen LogP contribution in [0.2, 0.25) is 0 Å². The van der Waals surface area contributed by atoms with Crippen molar-refractivity contribution >= 4 is 5.97 Å². The fourth-order valence-corrected chi connectivity index (χ4v) is 1.99. The molecule has 0 radical (unpaired) electrons. The van der Waals surface area contributed by atoms with Gasteiger partial charge in [-0.15, -0.1) is 0 Å². The molecular formula is C12H24N2O3. The fourth-order valence-electron chi connectivity index (χ4n) is 1.99. The highest BCUT2D eigenvalue weighted by atomic mass is 16.6. The highest BCUT2D eigenvalue weighted by Gasteiger charge is 2.23. The van der Waals surface area contributed by atoms with Crippen LogP contribution in [0, 0.1) is 0 Å². The molecule has 0 bridgehead atoms. The summed E-state index contributed by atoms with van der Waals surface area (Å²) in [5.41, 5.74) is 0. The predicted molar refractivity (Wildman–Crippen MR) is 66.0 cm³/mol. The molecule has 1 saturated heterocycles. The number of rotatable bonds is 7. The molecule has 5 heteroatoms. The van der Waals surface area contributed by atoms with Crippen LogP contribution in [0.4, 0.5) is 0 Å². The van der Waals surface area contributed by atoms with Crippen LogP contribution in [0.3, 0.4) is 0 Å². The second kappa shape index (κ2) is 7.63. The third kappa shape index (κ3) is 5.48. The Bertz CT molecular complexity index is 234. The number of carbonyl (C=O) groups is 1. The maximum atomic E-state index is 11.0. The summed E-state index contributed by atoms with van der Waals surface area (Å²) < 4.78 is 10.1. The van der Waals surface area contributed by atoms with Gasteiger partial charge < -0.3 is 14.4 Å². The lowest BCUT2D eigenvalue weighted by Gasteiger charge is -2.20. The van der Waals surface area contributed by atoms with Gasteiger partial charge in [0.2, 0.25) is 0 Å². The van der Waals surface area contributed by atoms with Crippen LogP contribution in [-0.4, -0.2) is 75.4 Å². The molecule has 0 saturated carbocycles. The molecule has 1 heterocycles. The standard InChI is InChI=1S/C12H24N2O3/c1-4-17-12(15)10-16-8-7-14-6-5-11(9-14)13(2)3/h11H,4-10H2,1-3H3. The Morgan fingerprint density at radius 2 is 2.24 bits per heavy atom. The smallest absolute Gasteiger partial charge is 0.332 e. The first-order valence-electron chi connectivity index (χ1n) is 6.25. The second-order valence-corrected chi connectivity index (χ2v) is 4.56. The van der Waals surface area contributed by atoms with Crippen molar-refractivity contribution in [2.24, 2.45) is 0 Å². The summed E-state index contributed by atoms with van der Waals surface area (Å²) in [4.78, 5) is 15.6. The van der Waals surface area contributed by atoms with E-state index in [1.165, 1.54) is 6.42 Å². The third-order valence-electron chi connectivity index (χ3n) is 3.05. The van der Waals surface area contributed by atoms with E-state index in [0.29, 0.717) is 19.3 Å². The first-order chi connectivity index (χ1) is 8.13. The highest BCUT2D eigenvalue weighted by Crippen LogP contribution is 2.12. The van der Waals surface area contributed by atoms with Gasteiger partial charge in [0.25, 0.3) is 0 Å². The Balaban J connectivity index is 2.02. The van der Waals surface area contributed by atoms with Gasteiger partial charge in [0.05, 0.1) is 13.2 Å². The predicted octanol–water partition coefficient (Wildman–Crippen LogP) is 0.202. The summed E-state index contributed by atoms with van der Waals surface area (Å²) in [6, 6.07) is 0.653. The van der Waals surface area contributed by atoms with Crippen molar-refractivity contribution in [1.29, 1.82) is 0 Å². The maximum absolute atomic E-state index is 11.0. The molecule has 1 unspecified atom stereocenters. The van der Waals surface area contributed by atoms with Crippen LogP contribution in [-0.2, 0) is 14.3 Å². The molecule has 17 heavy (non-hydrogen) atoms. The van der Waals surface area contributed by atoms with Crippen molar-refractivity contribution in [3.8, 4) is 0 Å². The van der Waals surface area contributed by atoms with E-state index < -0.39 is 0 Å². The maximum Gasteiger partial charge on any atom is 0.332 e. The quantitative estimate of drug-likeness (QED) is 0.473. The van der Waals surface area contributed by atoms with E-state index in [4.69, 9.17) is 9.47 Å². The number of nitrogens with zero attached hydrogens (tertiary/aromatic N) is 2. The van der Waals surface area contributed by atoms with Crippen LogP contribution in [0.5, 0.6) is 0 Å². The number of likely N-dealkylation sites (tertiary alicyclic amines) is 1. The summed E-state index contributed by atoms with van der Waals surface area (Å²) in [7, 11) is 4.23. The van der Waals surface area contributed by atoms with Crippen LogP contribution in [0.25, 0.3) is 0 Å². The number of esters is 1. The number of hydrogen-bond donors (Lipinski definition) is 0. The van der Waals surface area contributed by atoms with Crippen LogP contribution >= 0.6 is 0 Å². The molecule has 0 aromatic rings. The van der Waals surface area contributed by atoms with Gasteiger partial charge in [0.15, 0.2) is 0 Å². The summed E-state index contributed by atoms with van der Waals surface area (Å²) >= 11 is 0. The number of hydrogen-bond acceptors (Lipinski definition) is 5. The van der Waals surface area contributed by atoms with Gasteiger partial charge in [-0.1, -0.05) is 0 Å². The summed E-state index contributed by atoms with van der Waals surface area (Å²) in [5, 5.41) is 0. The van der Waals surface area contributed by atoms with Gasteiger partial charge in [-0.3, -0.25) is 4.90 Å². The SMILES string of the molecule is CCOC(=O)COCCN1CCC(N(C)C)C1. The van der Waals surface area contributed by atoms with E-state index in [0.717, 1.165) is 19.6 Å². The van der Waals surface area contributed by atoms with Crippen LogP contribution in [0.15, 0.2) is 0 Å². The first kappa shape index (κ1) is 14.4. The van der Waals surface area contributed by atoms with Gasteiger partial charge >= 0.3 is 5.97 Å². The third-order valence-corrected chi connectivity index (χ3v) is 3.05. The molecule has 5 nitrogen and oxygen atoms in total. The Hall–Kier alpha value is -0.650.